The first kappa shape index (κ1) is 20.0. The van der Waals surface area contributed by atoms with Gasteiger partial charge in [-0.05, 0) is 52.1 Å². The number of alkyl halides is 3. The van der Waals surface area contributed by atoms with Gasteiger partial charge in [-0.15, -0.1) is 0 Å². The molecule has 0 amide bonds. The lowest BCUT2D eigenvalue weighted by Gasteiger charge is -2.10. The van der Waals surface area contributed by atoms with Crippen LogP contribution in [-0.2, 0) is 6.18 Å². The predicted molar refractivity (Wildman–Crippen MR) is 123 cm³/mol. The summed E-state index contributed by atoms with van der Waals surface area (Å²) in [6, 6.07) is 31.3. The molecule has 0 unspecified atom stereocenters. The van der Waals surface area contributed by atoms with Crippen molar-refractivity contribution in [3.05, 3.63) is 115 Å². The van der Waals surface area contributed by atoms with Gasteiger partial charge < -0.3 is 0 Å². The molecule has 1 nitrogen and oxygen atoms in total. The van der Waals surface area contributed by atoms with Crippen molar-refractivity contribution in [3.8, 4) is 33.4 Å². The lowest BCUT2D eigenvalue weighted by molar-refractivity contribution is -0.137. The topological polar surface area (TPSA) is 12.9 Å². The summed E-state index contributed by atoms with van der Waals surface area (Å²) in [6.07, 6.45) is -2.47. The van der Waals surface area contributed by atoms with Gasteiger partial charge in [-0.3, -0.25) is 4.98 Å². The molecule has 0 atom stereocenters. The third-order valence-corrected chi connectivity index (χ3v) is 5.55. The minimum Gasteiger partial charge on any atom is -0.256 e. The first-order valence-electron chi connectivity index (χ1n) is 10.2. The van der Waals surface area contributed by atoms with Crippen LogP contribution in [0.4, 0.5) is 13.2 Å². The van der Waals surface area contributed by atoms with Crippen LogP contribution >= 0.6 is 0 Å². The van der Waals surface area contributed by atoms with Gasteiger partial charge in [-0.2, -0.15) is 13.2 Å². The molecule has 5 rings (SSSR count). The first-order valence-corrected chi connectivity index (χ1v) is 10.2. The standard InChI is InChI=1S/C28H18F3N/c29-28(30,31)26-6-3-5-23(17-26)21-12-8-19(9-13-21)20-10-14-22(15-11-20)25-16-24-4-1-2-7-27(24)32-18-25/h1-18H. The summed E-state index contributed by atoms with van der Waals surface area (Å²) in [5.41, 5.74) is 5.79. The average molecular weight is 425 g/mol. The second-order valence-electron chi connectivity index (χ2n) is 7.65. The quantitative estimate of drug-likeness (QED) is 0.284. The molecule has 1 aromatic heterocycles. The van der Waals surface area contributed by atoms with Crippen LogP contribution in [0.5, 0.6) is 0 Å². The highest BCUT2D eigenvalue weighted by Crippen LogP contribution is 2.33. The number of aromatic nitrogens is 1. The molecule has 1 heterocycles. The highest BCUT2D eigenvalue weighted by atomic mass is 19.4. The number of benzene rings is 4. The summed E-state index contributed by atoms with van der Waals surface area (Å²) < 4.78 is 39.0. The third kappa shape index (κ3) is 4.00. The minimum absolute atomic E-state index is 0.547. The molecule has 32 heavy (non-hydrogen) atoms. The molecule has 0 aliphatic heterocycles. The number of para-hydroxylation sites is 1. The fourth-order valence-electron chi connectivity index (χ4n) is 3.81. The van der Waals surface area contributed by atoms with Gasteiger partial charge >= 0.3 is 6.18 Å². The second-order valence-corrected chi connectivity index (χ2v) is 7.65. The minimum atomic E-state index is -4.35. The Morgan fingerprint density at radius 3 is 1.69 bits per heavy atom. The Morgan fingerprint density at radius 2 is 1.06 bits per heavy atom. The van der Waals surface area contributed by atoms with Crippen molar-refractivity contribution in [3.63, 3.8) is 0 Å². The van der Waals surface area contributed by atoms with Crippen LogP contribution in [0.25, 0.3) is 44.3 Å². The number of rotatable bonds is 3. The van der Waals surface area contributed by atoms with E-state index in [1.165, 1.54) is 12.1 Å². The lowest BCUT2D eigenvalue weighted by Crippen LogP contribution is -2.04. The van der Waals surface area contributed by atoms with Gasteiger partial charge in [0.1, 0.15) is 0 Å². The van der Waals surface area contributed by atoms with Crippen LogP contribution < -0.4 is 0 Å². The number of pyridine rings is 1. The van der Waals surface area contributed by atoms with Gasteiger partial charge in [-0.25, -0.2) is 0 Å². The largest absolute Gasteiger partial charge is 0.416 e. The van der Waals surface area contributed by atoms with Gasteiger partial charge in [0.15, 0.2) is 0 Å². The van der Waals surface area contributed by atoms with E-state index in [0.717, 1.165) is 44.8 Å². The SMILES string of the molecule is FC(F)(F)c1cccc(-c2ccc(-c3ccc(-c4cnc5ccccc5c4)cc3)cc2)c1. The van der Waals surface area contributed by atoms with Gasteiger partial charge in [0.2, 0.25) is 0 Å². The van der Waals surface area contributed by atoms with E-state index in [-0.39, 0.29) is 0 Å². The molecule has 4 aromatic carbocycles. The Balaban J connectivity index is 1.40. The van der Waals surface area contributed by atoms with Crippen LogP contribution in [0.2, 0.25) is 0 Å². The summed E-state index contributed by atoms with van der Waals surface area (Å²) in [4.78, 5) is 4.53. The maximum Gasteiger partial charge on any atom is 0.416 e. The zero-order valence-corrected chi connectivity index (χ0v) is 17.0. The smallest absolute Gasteiger partial charge is 0.256 e. The van der Waals surface area contributed by atoms with Crippen molar-refractivity contribution in [1.82, 2.24) is 4.98 Å². The summed E-state index contributed by atoms with van der Waals surface area (Å²) in [5, 5.41) is 1.10. The molecule has 0 saturated heterocycles. The van der Waals surface area contributed by atoms with Crippen LogP contribution in [0.1, 0.15) is 5.56 Å². The predicted octanol–water partition coefficient (Wildman–Crippen LogP) is 8.25. The van der Waals surface area contributed by atoms with Crippen molar-refractivity contribution in [2.24, 2.45) is 0 Å². The first-order chi connectivity index (χ1) is 15.5. The Hall–Kier alpha value is -3.92. The third-order valence-electron chi connectivity index (χ3n) is 5.55. The van der Waals surface area contributed by atoms with E-state index in [4.69, 9.17) is 0 Å². The molecule has 156 valence electrons. The van der Waals surface area contributed by atoms with Crippen molar-refractivity contribution in [2.45, 2.75) is 6.18 Å². The second kappa shape index (κ2) is 7.97. The van der Waals surface area contributed by atoms with E-state index in [1.54, 1.807) is 6.07 Å². The molecule has 0 fully saturated rings. The van der Waals surface area contributed by atoms with E-state index in [2.05, 4.69) is 23.2 Å². The number of fused-ring (bicyclic) bond motifs is 1. The van der Waals surface area contributed by atoms with E-state index < -0.39 is 11.7 Å². The van der Waals surface area contributed by atoms with Crippen molar-refractivity contribution < 1.29 is 13.2 Å². The normalized spacial score (nSPS) is 11.6. The Kier molecular flexibility index (Phi) is 4.98. The van der Waals surface area contributed by atoms with E-state index in [0.29, 0.717) is 5.56 Å². The Bertz CT molecular complexity index is 1390. The zero-order valence-electron chi connectivity index (χ0n) is 17.0. The summed E-state index contributed by atoms with van der Waals surface area (Å²) in [7, 11) is 0. The molecule has 0 aliphatic carbocycles. The zero-order chi connectivity index (χ0) is 22.1. The highest BCUT2D eigenvalue weighted by Gasteiger charge is 2.30. The Labute approximate surface area is 183 Å². The van der Waals surface area contributed by atoms with Crippen LogP contribution in [0.3, 0.4) is 0 Å². The molecule has 0 radical (unpaired) electrons. The summed E-state index contributed by atoms with van der Waals surface area (Å²) >= 11 is 0. The molecule has 5 aromatic rings. The number of nitrogens with zero attached hydrogens (tertiary/aromatic N) is 1. The molecular formula is C28H18F3N. The number of hydrogen-bond acceptors (Lipinski definition) is 1. The van der Waals surface area contributed by atoms with Crippen molar-refractivity contribution >= 4 is 10.9 Å². The fraction of sp³-hybridized carbons (Fsp3) is 0.0357. The summed E-state index contributed by atoms with van der Waals surface area (Å²) in [6.45, 7) is 0. The van der Waals surface area contributed by atoms with Crippen LogP contribution in [-0.4, -0.2) is 4.98 Å². The van der Waals surface area contributed by atoms with Gasteiger partial charge in [0.05, 0.1) is 11.1 Å². The highest BCUT2D eigenvalue weighted by molar-refractivity contribution is 5.84. The van der Waals surface area contributed by atoms with E-state index in [9.17, 15) is 13.2 Å². The number of halogens is 3. The average Bonchev–Trinajstić information content (AvgIpc) is 2.83. The summed E-state index contributed by atoms with van der Waals surface area (Å²) in [5.74, 6) is 0. The molecule has 0 aliphatic rings. The van der Waals surface area contributed by atoms with Gasteiger partial charge in [0.25, 0.3) is 0 Å². The maximum absolute atomic E-state index is 13.0. The van der Waals surface area contributed by atoms with Gasteiger partial charge in [-0.1, -0.05) is 78.9 Å². The fourth-order valence-corrected chi connectivity index (χ4v) is 3.81. The molecule has 0 N–H and O–H groups in total. The molecule has 0 spiro atoms. The van der Waals surface area contributed by atoms with E-state index in [1.807, 2.05) is 66.9 Å². The Morgan fingerprint density at radius 1 is 0.500 bits per heavy atom. The molecular weight excluding hydrogens is 407 g/mol. The van der Waals surface area contributed by atoms with Crippen molar-refractivity contribution in [2.75, 3.05) is 0 Å². The maximum atomic E-state index is 13.0. The van der Waals surface area contributed by atoms with Crippen LogP contribution in [0, 0.1) is 0 Å². The van der Waals surface area contributed by atoms with Crippen LogP contribution in [0.15, 0.2) is 109 Å². The molecule has 4 heteroatoms. The number of hydrogen-bond donors (Lipinski definition) is 0. The molecule has 0 saturated carbocycles. The lowest BCUT2D eigenvalue weighted by atomic mass is 9.97. The van der Waals surface area contributed by atoms with Gasteiger partial charge in [0, 0.05) is 17.1 Å². The molecule has 0 bridgehead atoms. The monoisotopic (exact) mass is 425 g/mol. The van der Waals surface area contributed by atoms with E-state index >= 15 is 0 Å². The van der Waals surface area contributed by atoms with Crippen molar-refractivity contribution in [1.29, 1.82) is 0 Å².